The van der Waals surface area contributed by atoms with Crippen molar-refractivity contribution >= 4 is 46.8 Å². The zero-order valence-electron chi connectivity index (χ0n) is 10.6. The van der Waals surface area contributed by atoms with Gasteiger partial charge in [-0.05, 0) is 30.0 Å². The molecule has 1 aromatic carbocycles. The standard InChI is InChI=1S/C13H14Cl2N2O2S/c14-9-3-1-7-8(13(9)15)2-4-10(7)17-12(19)6-20-5-11(16)18/h1,3,10H,2,4-6H2,(H2,16,18)(H,17,19)/t10-/m1/s1. The average Bonchev–Trinajstić information content (AvgIpc) is 2.77. The molecule has 1 aliphatic rings. The third-order valence-electron chi connectivity index (χ3n) is 3.10. The van der Waals surface area contributed by atoms with Crippen molar-refractivity contribution < 1.29 is 9.59 Å². The molecule has 0 unspecified atom stereocenters. The van der Waals surface area contributed by atoms with Gasteiger partial charge in [-0.1, -0.05) is 29.3 Å². The molecular formula is C13H14Cl2N2O2S. The van der Waals surface area contributed by atoms with Crippen LogP contribution in [0.3, 0.4) is 0 Å². The molecule has 4 nitrogen and oxygen atoms in total. The van der Waals surface area contributed by atoms with Gasteiger partial charge in [0.1, 0.15) is 0 Å². The van der Waals surface area contributed by atoms with Crippen molar-refractivity contribution in [2.45, 2.75) is 18.9 Å². The first-order valence-electron chi connectivity index (χ1n) is 6.11. The number of primary amides is 1. The first-order chi connectivity index (χ1) is 9.49. The number of nitrogens with one attached hydrogen (secondary N) is 1. The van der Waals surface area contributed by atoms with Crippen molar-refractivity contribution in [1.29, 1.82) is 0 Å². The molecule has 0 fully saturated rings. The number of carbonyl (C=O) groups excluding carboxylic acids is 2. The molecule has 0 aromatic heterocycles. The average molecular weight is 333 g/mol. The third-order valence-corrected chi connectivity index (χ3v) is 4.90. The molecule has 0 heterocycles. The number of benzene rings is 1. The molecule has 0 saturated heterocycles. The van der Waals surface area contributed by atoms with Crippen LogP contribution in [-0.4, -0.2) is 23.3 Å². The highest BCUT2D eigenvalue weighted by Gasteiger charge is 2.26. The molecule has 1 aliphatic carbocycles. The first kappa shape index (κ1) is 15.5. The van der Waals surface area contributed by atoms with E-state index in [0.29, 0.717) is 10.0 Å². The minimum absolute atomic E-state index is 0.0403. The van der Waals surface area contributed by atoms with E-state index in [1.807, 2.05) is 6.07 Å². The molecule has 0 bridgehead atoms. The van der Waals surface area contributed by atoms with Crippen LogP contribution in [0.15, 0.2) is 12.1 Å². The van der Waals surface area contributed by atoms with Gasteiger partial charge in [-0.15, -0.1) is 11.8 Å². The zero-order valence-corrected chi connectivity index (χ0v) is 12.9. The normalized spacial score (nSPS) is 16.8. The lowest BCUT2D eigenvalue weighted by Crippen LogP contribution is -2.29. The van der Waals surface area contributed by atoms with Crippen molar-refractivity contribution in [2.24, 2.45) is 5.73 Å². The van der Waals surface area contributed by atoms with Crippen molar-refractivity contribution in [1.82, 2.24) is 5.32 Å². The van der Waals surface area contributed by atoms with Crippen LogP contribution < -0.4 is 11.1 Å². The van der Waals surface area contributed by atoms with Crippen LogP contribution in [0.1, 0.15) is 23.6 Å². The smallest absolute Gasteiger partial charge is 0.230 e. The third kappa shape index (κ3) is 3.59. The Bertz CT molecular complexity index is 551. The number of carbonyl (C=O) groups is 2. The van der Waals surface area contributed by atoms with E-state index in [9.17, 15) is 9.59 Å². The van der Waals surface area contributed by atoms with Crippen LogP contribution >= 0.6 is 35.0 Å². The zero-order chi connectivity index (χ0) is 14.7. The number of fused-ring (bicyclic) bond motifs is 1. The summed E-state index contributed by atoms with van der Waals surface area (Å²) >= 11 is 13.3. The topological polar surface area (TPSA) is 72.2 Å². The fraction of sp³-hybridized carbons (Fsp3) is 0.385. The van der Waals surface area contributed by atoms with Crippen LogP contribution in [0.5, 0.6) is 0 Å². The monoisotopic (exact) mass is 332 g/mol. The summed E-state index contributed by atoms with van der Waals surface area (Å²) in [6, 6.07) is 3.61. The number of hydrogen-bond acceptors (Lipinski definition) is 3. The van der Waals surface area contributed by atoms with Crippen LogP contribution in [0.4, 0.5) is 0 Å². The Morgan fingerprint density at radius 3 is 2.80 bits per heavy atom. The Hall–Kier alpha value is -0.910. The van der Waals surface area contributed by atoms with Crippen LogP contribution in [0.25, 0.3) is 0 Å². The van der Waals surface area contributed by atoms with Crippen LogP contribution in [0.2, 0.25) is 10.0 Å². The molecule has 20 heavy (non-hydrogen) atoms. The fourth-order valence-electron chi connectivity index (χ4n) is 2.26. The summed E-state index contributed by atoms with van der Waals surface area (Å²) in [6.45, 7) is 0. The van der Waals surface area contributed by atoms with Crippen molar-refractivity contribution in [3.63, 3.8) is 0 Å². The lowest BCUT2D eigenvalue weighted by atomic mass is 10.1. The molecule has 2 rings (SSSR count). The lowest BCUT2D eigenvalue weighted by Gasteiger charge is -2.14. The van der Waals surface area contributed by atoms with Gasteiger partial charge in [0.05, 0.1) is 27.6 Å². The second-order valence-corrected chi connectivity index (χ2v) is 6.32. The second kappa shape index (κ2) is 6.70. The van der Waals surface area contributed by atoms with Crippen molar-refractivity contribution in [2.75, 3.05) is 11.5 Å². The molecule has 0 spiro atoms. The SMILES string of the molecule is NC(=O)CSCC(=O)N[C@@H]1CCc2c1ccc(Cl)c2Cl. The molecule has 108 valence electrons. The summed E-state index contributed by atoms with van der Waals surface area (Å²) in [4.78, 5) is 22.4. The predicted molar refractivity (Wildman–Crippen MR) is 82.2 cm³/mol. The number of hydrogen-bond donors (Lipinski definition) is 2. The molecular weight excluding hydrogens is 319 g/mol. The Morgan fingerprint density at radius 1 is 1.35 bits per heavy atom. The van der Waals surface area contributed by atoms with Crippen LogP contribution in [0, 0.1) is 0 Å². The van der Waals surface area contributed by atoms with Gasteiger partial charge in [-0.2, -0.15) is 0 Å². The van der Waals surface area contributed by atoms with Gasteiger partial charge in [0.2, 0.25) is 11.8 Å². The number of rotatable bonds is 5. The minimum Gasteiger partial charge on any atom is -0.369 e. The number of nitrogens with two attached hydrogens (primary N) is 1. The lowest BCUT2D eigenvalue weighted by molar-refractivity contribution is -0.119. The van der Waals surface area contributed by atoms with Gasteiger partial charge in [0, 0.05) is 0 Å². The fourth-order valence-corrected chi connectivity index (χ4v) is 3.28. The Balaban J connectivity index is 1.95. The van der Waals surface area contributed by atoms with Gasteiger partial charge >= 0.3 is 0 Å². The molecule has 1 atom stereocenters. The summed E-state index contributed by atoms with van der Waals surface area (Å²) in [5.74, 6) is -0.165. The van der Waals surface area contributed by atoms with Gasteiger partial charge in [-0.25, -0.2) is 0 Å². The highest BCUT2D eigenvalue weighted by Crippen LogP contribution is 2.38. The van der Waals surface area contributed by atoms with E-state index >= 15 is 0 Å². The number of halogens is 2. The Kier molecular flexibility index (Phi) is 5.18. The van der Waals surface area contributed by atoms with Gasteiger partial charge in [0.15, 0.2) is 0 Å². The van der Waals surface area contributed by atoms with E-state index < -0.39 is 5.91 Å². The minimum atomic E-state index is -0.421. The molecule has 7 heteroatoms. The summed E-state index contributed by atoms with van der Waals surface area (Å²) in [5.41, 5.74) is 7.05. The van der Waals surface area contributed by atoms with Gasteiger partial charge < -0.3 is 11.1 Å². The Morgan fingerprint density at radius 2 is 2.10 bits per heavy atom. The van der Waals surface area contributed by atoms with E-state index in [0.717, 1.165) is 24.0 Å². The van der Waals surface area contributed by atoms with E-state index in [2.05, 4.69) is 5.32 Å². The molecule has 0 saturated carbocycles. The quantitative estimate of drug-likeness (QED) is 0.869. The summed E-state index contributed by atoms with van der Waals surface area (Å²) in [6.07, 6.45) is 1.61. The van der Waals surface area contributed by atoms with Gasteiger partial charge in [-0.3, -0.25) is 9.59 Å². The van der Waals surface area contributed by atoms with Crippen LogP contribution in [-0.2, 0) is 16.0 Å². The summed E-state index contributed by atoms with van der Waals surface area (Å²) in [5, 5.41) is 4.05. The van der Waals surface area contributed by atoms with E-state index in [-0.39, 0.29) is 23.5 Å². The first-order valence-corrected chi connectivity index (χ1v) is 8.02. The molecule has 0 radical (unpaired) electrons. The van der Waals surface area contributed by atoms with E-state index in [1.54, 1.807) is 6.07 Å². The maximum Gasteiger partial charge on any atom is 0.230 e. The Labute approximate surface area is 131 Å². The number of amides is 2. The number of thioether (sulfide) groups is 1. The van der Waals surface area contributed by atoms with E-state index in [4.69, 9.17) is 28.9 Å². The van der Waals surface area contributed by atoms with Gasteiger partial charge in [0.25, 0.3) is 0 Å². The molecule has 0 aliphatic heterocycles. The maximum absolute atomic E-state index is 11.8. The molecule has 2 amide bonds. The summed E-state index contributed by atoms with van der Waals surface area (Å²) in [7, 11) is 0. The highest BCUT2D eigenvalue weighted by atomic mass is 35.5. The predicted octanol–water partition coefficient (Wildman–Crippen LogP) is 2.32. The second-order valence-electron chi connectivity index (χ2n) is 4.55. The van der Waals surface area contributed by atoms with Crippen molar-refractivity contribution in [3.8, 4) is 0 Å². The maximum atomic E-state index is 11.8. The largest absolute Gasteiger partial charge is 0.369 e. The van der Waals surface area contributed by atoms with Crippen molar-refractivity contribution in [3.05, 3.63) is 33.3 Å². The molecule has 3 N–H and O–H groups in total. The molecule has 1 aromatic rings. The highest BCUT2D eigenvalue weighted by molar-refractivity contribution is 8.00. The summed E-state index contributed by atoms with van der Waals surface area (Å²) < 4.78 is 0. The van der Waals surface area contributed by atoms with E-state index in [1.165, 1.54) is 11.8 Å².